The molecule has 360 valence electrons. The summed E-state index contributed by atoms with van der Waals surface area (Å²) in [4.78, 5) is 2.03. The molecular formula is C63H40B17NO2. The summed E-state index contributed by atoms with van der Waals surface area (Å²) in [6, 6.07) is 15.3. The lowest BCUT2D eigenvalue weighted by Crippen LogP contribution is -2.50. The molecule has 34 radical (unpaired) electrons. The molecule has 3 nitrogen and oxygen atoms in total. The van der Waals surface area contributed by atoms with Gasteiger partial charge in [0.15, 0.2) is 0 Å². The van der Waals surface area contributed by atoms with Gasteiger partial charge in [0.25, 0.3) is 0 Å². The maximum absolute atomic E-state index is 12.4. The van der Waals surface area contributed by atoms with Crippen LogP contribution in [0.3, 0.4) is 0 Å². The lowest BCUT2D eigenvalue weighted by molar-refractivity contribution is 0.481. The predicted molar refractivity (Wildman–Crippen MR) is 365 cm³/mol. The van der Waals surface area contributed by atoms with E-state index < -0.39 is 27.1 Å². The zero-order valence-corrected chi connectivity index (χ0v) is 48.3. The van der Waals surface area contributed by atoms with Crippen LogP contribution in [0.1, 0.15) is 125 Å². The molecule has 83 heavy (non-hydrogen) atoms. The number of hydrogen-bond donors (Lipinski definition) is 2. The SMILES string of the molecule is [B]c1cc2c(c(O)c1[B])-c1c(cc([B])c(O)c1[B])C21c2cc(C(C)(C)C)c([B])c([B])c2-c2c1cc(C(C)(C)C)c([B])c2N(c1cc([B])c2c(c1)C(C)(C)c1c([B])c([B])c([B])c([B])c1-2)c1cc([B])c2c(c1)C(C)(C)c1c([B])c([B])c([B])c([B])c1-2. The number of phenolic OH excluding ortho intramolecular Hbond substituents is 2. The molecule has 8 aromatic rings. The summed E-state index contributed by atoms with van der Waals surface area (Å²) in [5, 5.41) is 24.1. The highest BCUT2D eigenvalue weighted by atomic mass is 16.3. The highest BCUT2D eigenvalue weighted by Gasteiger charge is 2.56. The number of aromatic hydroxyl groups is 2. The second kappa shape index (κ2) is 17.9. The molecule has 4 aliphatic rings. The van der Waals surface area contributed by atoms with Gasteiger partial charge in [-0.25, -0.2) is 0 Å². The fraction of sp³-hybridized carbons (Fsp3) is 0.238. The van der Waals surface area contributed by atoms with Gasteiger partial charge in [0, 0.05) is 39.0 Å². The number of anilines is 3. The van der Waals surface area contributed by atoms with Crippen molar-refractivity contribution in [3.63, 3.8) is 0 Å². The van der Waals surface area contributed by atoms with Gasteiger partial charge < -0.3 is 15.1 Å². The Morgan fingerprint density at radius 1 is 0.313 bits per heavy atom. The molecule has 8 aromatic carbocycles. The highest BCUT2D eigenvalue weighted by Crippen LogP contribution is 2.66. The third kappa shape index (κ3) is 7.17. The lowest BCUT2D eigenvalue weighted by Gasteiger charge is -2.37. The first-order chi connectivity index (χ1) is 38.4. The van der Waals surface area contributed by atoms with Crippen LogP contribution in [0.15, 0.2) is 48.5 Å². The number of phenols is 2. The Hall–Kier alpha value is -5.74. The summed E-state index contributed by atoms with van der Waals surface area (Å²) in [7, 11) is 119. The van der Waals surface area contributed by atoms with E-state index in [-0.39, 0.29) is 93.6 Å². The van der Waals surface area contributed by atoms with Crippen LogP contribution in [0.4, 0.5) is 17.1 Å². The van der Waals surface area contributed by atoms with Crippen LogP contribution in [-0.4, -0.2) is 144 Å². The first-order valence-electron chi connectivity index (χ1n) is 27.1. The van der Waals surface area contributed by atoms with E-state index in [9.17, 15) is 10.2 Å². The zero-order valence-electron chi connectivity index (χ0n) is 48.3. The Morgan fingerprint density at radius 2 is 0.687 bits per heavy atom. The summed E-state index contributed by atoms with van der Waals surface area (Å²) in [5.41, 5.74) is 10.3. The number of hydrogen-bond acceptors (Lipinski definition) is 3. The smallest absolute Gasteiger partial charge is 0.119 e. The van der Waals surface area contributed by atoms with E-state index in [0.717, 1.165) is 11.1 Å². The van der Waals surface area contributed by atoms with Gasteiger partial charge in [-0.05, 0) is 130 Å². The Balaban J connectivity index is 1.32. The van der Waals surface area contributed by atoms with Gasteiger partial charge in [-0.1, -0.05) is 159 Å². The molecule has 1 atom stereocenters. The minimum Gasteiger partial charge on any atom is -0.509 e. The van der Waals surface area contributed by atoms with Gasteiger partial charge in [0.1, 0.15) is 145 Å². The van der Waals surface area contributed by atoms with Crippen molar-refractivity contribution in [1.29, 1.82) is 0 Å². The first kappa shape index (κ1) is 57.7. The van der Waals surface area contributed by atoms with Crippen LogP contribution in [0.25, 0.3) is 44.5 Å². The molecular weight excluding hydrogens is 987 g/mol. The fourth-order valence-corrected chi connectivity index (χ4v) is 14.6. The van der Waals surface area contributed by atoms with Crippen LogP contribution in [-0.2, 0) is 27.1 Å². The number of rotatable bonds is 3. The third-order valence-electron chi connectivity index (χ3n) is 18.7. The molecule has 0 amide bonds. The summed E-state index contributed by atoms with van der Waals surface area (Å²) >= 11 is 0. The summed E-state index contributed by atoms with van der Waals surface area (Å²) in [5.74, 6) is -0.728. The van der Waals surface area contributed by atoms with Crippen molar-refractivity contribution in [2.75, 3.05) is 4.90 Å². The van der Waals surface area contributed by atoms with Crippen molar-refractivity contribution in [2.24, 2.45) is 0 Å². The summed E-state index contributed by atoms with van der Waals surface area (Å²) in [6.45, 7) is 20.4. The van der Waals surface area contributed by atoms with Crippen LogP contribution in [0.2, 0.25) is 0 Å². The predicted octanol–water partition coefficient (Wildman–Crippen LogP) is -4.39. The second-order valence-electron chi connectivity index (χ2n) is 26.1. The van der Waals surface area contributed by atoms with Crippen molar-refractivity contribution in [3.05, 3.63) is 104 Å². The Labute approximate surface area is 511 Å². The zero-order chi connectivity index (χ0) is 60.8. The maximum atomic E-state index is 12.4. The molecule has 0 heterocycles. The minimum absolute atomic E-state index is 0.0271. The molecule has 4 aliphatic carbocycles. The fourth-order valence-electron chi connectivity index (χ4n) is 14.6. The minimum atomic E-state index is -1.51. The highest BCUT2D eigenvalue weighted by molar-refractivity contribution is 6.66. The molecule has 0 aliphatic heterocycles. The average molecular weight is 1030 g/mol. The average Bonchev–Trinajstić information content (AvgIpc) is 1.52. The van der Waals surface area contributed by atoms with Crippen LogP contribution < -0.4 is 97.8 Å². The molecule has 20 heteroatoms. The van der Waals surface area contributed by atoms with Gasteiger partial charge in [-0.2, -0.15) is 0 Å². The van der Waals surface area contributed by atoms with Crippen LogP contribution in [0, 0.1) is 0 Å². The molecule has 1 spiro atoms. The largest absolute Gasteiger partial charge is 0.509 e. The van der Waals surface area contributed by atoms with E-state index in [0.29, 0.717) is 117 Å². The Kier molecular flexibility index (Phi) is 12.5. The van der Waals surface area contributed by atoms with Gasteiger partial charge in [-0.3, -0.25) is 0 Å². The number of fused-ring (bicyclic) bond motifs is 16. The van der Waals surface area contributed by atoms with Crippen molar-refractivity contribution < 1.29 is 10.2 Å². The molecule has 0 fully saturated rings. The molecule has 0 bridgehead atoms. The van der Waals surface area contributed by atoms with Crippen molar-refractivity contribution in [2.45, 2.75) is 96.3 Å². The van der Waals surface area contributed by atoms with Crippen LogP contribution >= 0.6 is 0 Å². The third-order valence-corrected chi connectivity index (χ3v) is 18.7. The van der Waals surface area contributed by atoms with Gasteiger partial charge >= 0.3 is 0 Å². The standard InChI is InChI=1S/C63H40B17NO2/c1-59(2,3)27-15-23-35(46(71)43(27)68)37-24(63(23)25-18-32(67)57(82)49(74)36(25)38-26(63)17-31(66)45(70)58(38)83)16-28(60(4,5)6)44(69)56(37)81(19-11-21-33(29(64)13-19)39-41(61(21,7)8)50(75)54(79)52(77)47(39)72)20-12-22-34(30(65)14-20)40-42(62(22,9)10)51(76)55(80)53(78)48(40)73/h11-18,82-83H,1-10H3. The molecule has 12 rings (SSSR count). The molecule has 0 aromatic heterocycles. The van der Waals surface area contributed by atoms with Crippen molar-refractivity contribution in [1.82, 2.24) is 0 Å². The first-order valence-corrected chi connectivity index (χ1v) is 27.1. The Bertz CT molecular complexity index is 4210. The van der Waals surface area contributed by atoms with Crippen molar-refractivity contribution >= 4 is 243 Å². The van der Waals surface area contributed by atoms with Crippen LogP contribution in [0.5, 0.6) is 11.5 Å². The van der Waals surface area contributed by atoms with E-state index in [1.165, 1.54) is 0 Å². The van der Waals surface area contributed by atoms with Gasteiger partial charge in [0.2, 0.25) is 0 Å². The normalized spacial score (nSPS) is 16.3. The molecule has 0 saturated carbocycles. The summed E-state index contributed by atoms with van der Waals surface area (Å²) in [6.07, 6.45) is 0. The quantitative estimate of drug-likeness (QED) is 0.176. The van der Waals surface area contributed by atoms with Gasteiger partial charge in [-0.15, -0.1) is 21.9 Å². The van der Waals surface area contributed by atoms with E-state index in [2.05, 4.69) is 26.8 Å². The molecule has 2 N–H and O–H groups in total. The van der Waals surface area contributed by atoms with E-state index >= 15 is 0 Å². The van der Waals surface area contributed by atoms with E-state index in [1.807, 2.05) is 83.7 Å². The lowest BCUT2D eigenvalue weighted by atomic mass is 9.61. The second-order valence-corrected chi connectivity index (χ2v) is 26.1. The van der Waals surface area contributed by atoms with E-state index in [1.54, 1.807) is 12.1 Å². The summed E-state index contributed by atoms with van der Waals surface area (Å²) < 4.78 is 0. The molecule has 1 unspecified atom stereocenters. The number of benzene rings is 8. The maximum Gasteiger partial charge on any atom is 0.119 e. The Morgan fingerprint density at radius 3 is 1.14 bits per heavy atom. The van der Waals surface area contributed by atoms with Gasteiger partial charge in [0.05, 0.1) is 5.41 Å². The topological polar surface area (TPSA) is 43.7 Å². The monoisotopic (exact) mass is 1030 g/mol. The van der Waals surface area contributed by atoms with E-state index in [4.69, 9.17) is 133 Å². The van der Waals surface area contributed by atoms with Crippen molar-refractivity contribution in [3.8, 4) is 56.0 Å². The molecule has 0 saturated heterocycles. The number of nitrogens with zero attached hydrogens (tertiary/aromatic N) is 1.